The molecular formula is C21H22ClN3. The Balaban J connectivity index is 1.45. The van der Waals surface area contributed by atoms with Crippen LogP contribution < -0.4 is 16.0 Å². The smallest absolute Gasteiger partial charge is 0.105 e. The number of para-hydroxylation sites is 2. The third kappa shape index (κ3) is 5.73. The summed E-state index contributed by atoms with van der Waals surface area (Å²) >= 11 is 6.40. The molecule has 3 N–H and O–H groups in total. The van der Waals surface area contributed by atoms with Gasteiger partial charge in [0.1, 0.15) is 5.50 Å². The summed E-state index contributed by atoms with van der Waals surface area (Å²) < 4.78 is 0. The van der Waals surface area contributed by atoms with Gasteiger partial charge < -0.3 is 16.0 Å². The van der Waals surface area contributed by atoms with Gasteiger partial charge in [0.2, 0.25) is 0 Å². The Kier molecular flexibility index (Phi) is 6.18. The highest BCUT2D eigenvalue weighted by Crippen LogP contribution is 2.16. The summed E-state index contributed by atoms with van der Waals surface area (Å²) in [5.74, 6) is 0. The van der Waals surface area contributed by atoms with Crippen molar-refractivity contribution in [3.63, 3.8) is 0 Å². The largest absolute Gasteiger partial charge is 0.369 e. The molecule has 0 bridgehead atoms. The highest BCUT2D eigenvalue weighted by molar-refractivity contribution is 6.21. The van der Waals surface area contributed by atoms with E-state index < -0.39 is 0 Å². The zero-order valence-corrected chi connectivity index (χ0v) is 14.7. The number of anilines is 3. The minimum Gasteiger partial charge on any atom is -0.369 e. The number of nitrogens with one attached hydrogen (secondary N) is 3. The summed E-state index contributed by atoms with van der Waals surface area (Å²) in [6.45, 7) is 0.678. The van der Waals surface area contributed by atoms with Gasteiger partial charge in [-0.15, -0.1) is 0 Å². The zero-order valence-electron chi connectivity index (χ0n) is 14.0. The average molecular weight is 352 g/mol. The Hall–Kier alpha value is -2.65. The summed E-state index contributed by atoms with van der Waals surface area (Å²) in [5, 5.41) is 9.98. The maximum Gasteiger partial charge on any atom is 0.105 e. The standard InChI is InChI=1S/C21H22ClN3/c22-21(25-20-9-5-2-6-10-20)15-17-11-13-19(14-12-17)24-16-23-18-7-3-1-4-8-18/h1-14,21,23-25H,15-16H2. The van der Waals surface area contributed by atoms with Crippen LogP contribution in [0.15, 0.2) is 84.9 Å². The van der Waals surface area contributed by atoms with Gasteiger partial charge >= 0.3 is 0 Å². The Labute approximate surface area is 154 Å². The maximum atomic E-state index is 6.40. The fraction of sp³-hybridized carbons (Fsp3) is 0.143. The molecule has 0 heterocycles. The summed E-state index contributed by atoms with van der Waals surface area (Å²) in [7, 11) is 0. The van der Waals surface area contributed by atoms with E-state index in [0.717, 1.165) is 23.5 Å². The fourth-order valence-electron chi connectivity index (χ4n) is 2.54. The van der Waals surface area contributed by atoms with Gasteiger partial charge in [-0.1, -0.05) is 60.1 Å². The van der Waals surface area contributed by atoms with Crippen LogP contribution in [0.5, 0.6) is 0 Å². The van der Waals surface area contributed by atoms with Crippen molar-refractivity contribution >= 4 is 28.7 Å². The van der Waals surface area contributed by atoms with Crippen molar-refractivity contribution in [2.75, 3.05) is 22.6 Å². The number of hydrogen-bond acceptors (Lipinski definition) is 3. The highest BCUT2D eigenvalue weighted by Gasteiger charge is 2.05. The highest BCUT2D eigenvalue weighted by atomic mass is 35.5. The second-order valence-electron chi connectivity index (χ2n) is 5.78. The van der Waals surface area contributed by atoms with Crippen molar-refractivity contribution in [2.45, 2.75) is 11.9 Å². The molecule has 0 aliphatic heterocycles. The van der Waals surface area contributed by atoms with Gasteiger partial charge in [0, 0.05) is 23.5 Å². The van der Waals surface area contributed by atoms with E-state index in [2.05, 4.69) is 40.2 Å². The topological polar surface area (TPSA) is 36.1 Å². The molecule has 4 heteroatoms. The van der Waals surface area contributed by atoms with Gasteiger partial charge in [0.05, 0.1) is 6.67 Å². The van der Waals surface area contributed by atoms with Gasteiger partial charge in [-0.25, -0.2) is 0 Å². The lowest BCUT2D eigenvalue weighted by atomic mass is 10.1. The molecule has 0 fully saturated rings. The molecule has 0 aliphatic carbocycles. The number of halogens is 1. The molecule has 128 valence electrons. The van der Waals surface area contributed by atoms with E-state index in [0.29, 0.717) is 6.67 Å². The summed E-state index contributed by atoms with van der Waals surface area (Å²) in [4.78, 5) is 0. The van der Waals surface area contributed by atoms with Gasteiger partial charge in [-0.3, -0.25) is 0 Å². The van der Waals surface area contributed by atoms with E-state index in [1.54, 1.807) is 0 Å². The van der Waals surface area contributed by atoms with E-state index in [1.165, 1.54) is 5.56 Å². The molecule has 0 radical (unpaired) electrons. The first-order valence-electron chi connectivity index (χ1n) is 8.37. The molecule has 1 unspecified atom stereocenters. The van der Waals surface area contributed by atoms with Crippen molar-refractivity contribution in [3.8, 4) is 0 Å². The lowest BCUT2D eigenvalue weighted by molar-refractivity contribution is 0.944. The van der Waals surface area contributed by atoms with Crippen molar-refractivity contribution in [2.24, 2.45) is 0 Å². The minimum absolute atomic E-state index is 0.138. The third-order valence-electron chi connectivity index (χ3n) is 3.82. The van der Waals surface area contributed by atoms with E-state index in [1.807, 2.05) is 60.7 Å². The Bertz CT molecular complexity index is 745. The van der Waals surface area contributed by atoms with E-state index in [4.69, 9.17) is 11.6 Å². The van der Waals surface area contributed by atoms with Crippen LogP contribution >= 0.6 is 11.6 Å². The first-order chi connectivity index (χ1) is 12.3. The molecule has 3 rings (SSSR count). The van der Waals surface area contributed by atoms with Crippen LogP contribution in [0.4, 0.5) is 17.1 Å². The molecule has 0 saturated carbocycles. The van der Waals surface area contributed by atoms with E-state index >= 15 is 0 Å². The average Bonchev–Trinajstić information content (AvgIpc) is 2.65. The number of rotatable bonds is 8. The van der Waals surface area contributed by atoms with Gasteiger partial charge in [0.25, 0.3) is 0 Å². The van der Waals surface area contributed by atoms with Gasteiger partial charge in [-0.05, 0) is 42.0 Å². The molecule has 0 saturated heterocycles. The van der Waals surface area contributed by atoms with Crippen LogP contribution in [0, 0.1) is 0 Å². The van der Waals surface area contributed by atoms with Crippen LogP contribution in [0.1, 0.15) is 5.56 Å². The molecule has 0 aromatic heterocycles. The fourth-order valence-corrected chi connectivity index (χ4v) is 2.84. The second-order valence-corrected chi connectivity index (χ2v) is 6.30. The molecule has 3 aromatic rings. The van der Waals surface area contributed by atoms with Gasteiger partial charge in [0.15, 0.2) is 0 Å². The van der Waals surface area contributed by atoms with Crippen molar-refractivity contribution < 1.29 is 0 Å². The van der Waals surface area contributed by atoms with E-state index in [-0.39, 0.29) is 5.50 Å². The first-order valence-corrected chi connectivity index (χ1v) is 8.80. The molecular weight excluding hydrogens is 330 g/mol. The Morgan fingerprint density at radius 3 is 1.76 bits per heavy atom. The lowest BCUT2D eigenvalue weighted by Crippen LogP contribution is -2.15. The quantitative estimate of drug-likeness (QED) is 0.289. The molecule has 25 heavy (non-hydrogen) atoms. The summed E-state index contributed by atoms with van der Waals surface area (Å²) in [6, 6.07) is 28.5. The normalized spacial score (nSPS) is 11.6. The predicted molar refractivity (Wildman–Crippen MR) is 108 cm³/mol. The second kappa shape index (κ2) is 9.00. The third-order valence-corrected chi connectivity index (χ3v) is 4.09. The first kappa shape index (κ1) is 17.2. The van der Waals surface area contributed by atoms with Crippen molar-refractivity contribution in [1.82, 2.24) is 0 Å². The molecule has 0 spiro atoms. The zero-order chi connectivity index (χ0) is 17.3. The molecule has 0 amide bonds. The number of hydrogen-bond donors (Lipinski definition) is 3. The van der Waals surface area contributed by atoms with Crippen LogP contribution in [-0.4, -0.2) is 12.2 Å². The van der Waals surface area contributed by atoms with Crippen molar-refractivity contribution in [1.29, 1.82) is 0 Å². The van der Waals surface area contributed by atoms with E-state index in [9.17, 15) is 0 Å². The predicted octanol–water partition coefficient (Wildman–Crippen LogP) is 5.39. The van der Waals surface area contributed by atoms with Crippen LogP contribution in [-0.2, 0) is 6.42 Å². The number of alkyl halides is 1. The van der Waals surface area contributed by atoms with Crippen LogP contribution in [0.2, 0.25) is 0 Å². The Morgan fingerprint density at radius 1 is 0.640 bits per heavy atom. The van der Waals surface area contributed by atoms with Crippen molar-refractivity contribution in [3.05, 3.63) is 90.5 Å². The molecule has 0 aliphatic rings. The molecule has 3 nitrogen and oxygen atoms in total. The van der Waals surface area contributed by atoms with Crippen LogP contribution in [0.3, 0.4) is 0 Å². The number of benzene rings is 3. The molecule has 3 aromatic carbocycles. The lowest BCUT2D eigenvalue weighted by Gasteiger charge is -2.14. The van der Waals surface area contributed by atoms with Crippen LogP contribution in [0.25, 0.3) is 0 Å². The summed E-state index contributed by atoms with van der Waals surface area (Å²) in [6.07, 6.45) is 0.763. The monoisotopic (exact) mass is 351 g/mol. The molecule has 1 atom stereocenters. The summed E-state index contributed by atoms with van der Waals surface area (Å²) in [5.41, 5.74) is 4.27. The Morgan fingerprint density at radius 2 is 1.16 bits per heavy atom. The maximum absolute atomic E-state index is 6.40. The SMILES string of the molecule is ClC(Cc1ccc(NCNc2ccccc2)cc1)Nc1ccccc1. The minimum atomic E-state index is -0.138. The van der Waals surface area contributed by atoms with Gasteiger partial charge in [-0.2, -0.15) is 0 Å².